The third-order valence-corrected chi connectivity index (χ3v) is 3.00. The van der Waals surface area contributed by atoms with Gasteiger partial charge in [-0.2, -0.15) is 0 Å². The van der Waals surface area contributed by atoms with E-state index < -0.39 is 0 Å². The van der Waals surface area contributed by atoms with Gasteiger partial charge < -0.3 is 9.47 Å². The van der Waals surface area contributed by atoms with Crippen LogP contribution < -0.4 is 4.74 Å². The zero-order valence-electron chi connectivity index (χ0n) is 11.6. The molecule has 1 heterocycles. The van der Waals surface area contributed by atoms with Crippen molar-refractivity contribution in [2.24, 2.45) is 0 Å². The van der Waals surface area contributed by atoms with Crippen molar-refractivity contribution in [3.8, 4) is 17.0 Å². The summed E-state index contributed by atoms with van der Waals surface area (Å²) in [7, 11) is 1.58. The first-order valence-corrected chi connectivity index (χ1v) is 6.44. The lowest BCUT2D eigenvalue weighted by molar-refractivity contribution is 0.0511. The molecular formula is C16H17NO3. The normalized spacial score (nSPS) is 10.3. The first kappa shape index (κ1) is 14.2. The lowest BCUT2D eigenvalue weighted by Crippen LogP contribution is -2.00. The molecule has 1 aromatic carbocycles. The molecule has 20 heavy (non-hydrogen) atoms. The van der Waals surface area contributed by atoms with E-state index in [-0.39, 0.29) is 6.79 Å². The maximum atomic E-state index is 10.9. The largest absolute Gasteiger partial charge is 0.468 e. The van der Waals surface area contributed by atoms with Crippen LogP contribution in [0, 0.1) is 0 Å². The van der Waals surface area contributed by atoms with Gasteiger partial charge in [-0.05, 0) is 36.2 Å². The fraction of sp³-hybridized carbons (Fsp3) is 0.250. The van der Waals surface area contributed by atoms with E-state index in [4.69, 9.17) is 9.47 Å². The topological polar surface area (TPSA) is 48.4 Å². The van der Waals surface area contributed by atoms with Crippen LogP contribution in [0.1, 0.15) is 22.8 Å². The Labute approximate surface area is 118 Å². The van der Waals surface area contributed by atoms with Gasteiger partial charge in [0.05, 0.1) is 5.69 Å². The number of carbonyl (C=O) groups excluding carboxylic acids is 1. The molecule has 2 rings (SSSR count). The molecule has 0 amide bonds. The zero-order valence-corrected chi connectivity index (χ0v) is 11.6. The lowest BCUT2D eigenvalue weighted by atomic mass is 10.0. The smallest absolute Gasteiger partial charge is 0.188 e. The van der Waals surface area contributed by atoms with E-state index in [1.165, 1.54) is 0 Å². The summed E-state index contributed by atoms with van der Waals surface area (Å²) in [4.78, 5) is 15.2. The Morgan fingerprint density at radius 1 is 1.25 bits per heavy atom. The monoisotopic (exact) mass is 271 g/mol. The molecule has 0 unspecified atom stereocenters. The van der Waals surface area contributed by atoms with Crippen LogP contribution in [0.15, 0.2) is 36.5 Å². The number of aromatic nitrogens is 1. The minimum absolute atomic E-state index is 0.201. The molecule has 0 radical (unpaired) electrons. The third-order valence-electron chi connectivity index (χ3n) is 3.00. The number of aryl methyl sites for hydroxylation is 1. The van der Waals surface area contributed by atoms with Crippen molar-refractivity contribution in [3.05, 3.63) is 47.7 Å². The number of hydrogen-bond acceptors (Lipinski definition) is 4. The van der Waals surface area contributed by atoms with Gasteiger partial charge in [-0.15, -0.1) is 0 Å². The average Bonchev–Trinajstić information content (AvgIpc) is 2.52. The van der Waals surface area contributed by atoms with Crippen LogP contribution in [0.25, 0.3) is 11.3 Å². The summed E-state index contributed by atoms with van der Waals surface area (Å²) in [6.45, 7) is 2.28. The van der Waals surface area contributed by atoms with E-state index in [2.05, 4.69) is 11.9 Å². The maximum Gasteiger partial charge on any atom is 0.188 e. The van der Waals surface area contributed by atoms with Crippen molar-refractivity contribution < 1.29 is 14.3 Å². The number of hydrogen-bond donors (Lipinski definition) is 0. The Morgan fingerprint density at radius 3 is 2.80 bits per heavy atom. The highest BCUT2D eigenvalue weighted by Crippen LogP contribution is 2.27. The van der Waals surface area contributed by atoms with Gasteiger partial charge in [-0.1, -0.05) is 13.0 Å². The van der Waals surface area contributed by atoms with Crippen LogP contribution in [0.5, 0.6) is 5.75 Å². The number of ether oxygens (including phenoxy) is 2. The molecule has 0 aliphatic rings. The van der Waals surface area contributed by atoms with Crippen molar-refractivity contribution in [3.63, 3.8) is 0 Å². The highest BCUT2D eigenvalue weighted by molar-refractivity contribution is 5.78. The summed E-state index contributed by atoms with van der Waals surface area (Å²) in [5, 5.41) is 0. The van der Waals surface area contributed by atoms with E-state index >= 15 is 0 Å². The molecule has 4 nitrogen and oxygen atoms in total. The Balaban J connectivity index is 2.43. The highest BCUT2D eigenvalue weighted by Gasteiger charge is 2.08. The Kier molecular flexibility index (Phi) is 4.85. The van der Waals surface area contributed by atoms with Crippen LogP contribution in [-0.4, -0.2) is 25.2 Å². The molecular weight excluding hydrogens is 254 g/mol. The molecule has 0 saturated heterocycles. The first-order chi connectivity index (χ1) is 9.78. The zero-order chi connectivity index (χ0) is 14.4. The summed E-state index contributed by atoms with van der Waals surface area (Å²) in [5.74, 6) is 0.720. The minimum atomic E-state index is 0.201. The van der Waals surface area contributed by atoms with Crippen LogP contribution >= 0.6 is 0 Å². The second-order valence-electron chi connectivity index (χ2n) is 4.32. The highest BCUT2D eigenvalue weighted by atomic mass is 16.7. The number of benzene rings is 1. The van der Waals surface area contributed by atoms with Crippen molar-refractivity contribution in [1.82, 2.24) is 4.98 Å². The van der Waals surface area contributed by atoms with E-state index in [0.717, 1.165) is 35.3 Å². The summed E-state index contributed by atoms with van der Waals surface area (Å²) in [5.41, 5.74) is 3.52. The average molecular weight is 271 g/mol. The summed E-state index contributed by atoms with van der Waals surface area (Å²) < 4.78 is 10.4. The van der Waals surface area contributed by atoms with Crippen LogP contribution in [-0.2, 0) is 11.2 Å². The molecule has 0 saturated carbocycles. The fourth-order valence-corrected chi connectivity index (χ4v) is 1.99. The van der Waals surface area contributed by atoms with E-state index in [1.54, 1.807) is 25.4 Å². The molecule has 0 bridgehead atoms. The summed E-state index contributed by atoms with van der Waals surface area (Å²) in [6, 6.07) is 9.31. The molecule has 0 N–H and O–H groups in total. The fourth-order valence-electron chi connectivity index (χ4n) is 1.99. The van der Waals surface area contributed by atoms with Crippen LogP contribution in [0.3, 0.4) is 0 Å². The van der Waals surface area contributed by atoms with E-state index in [1.807, 2.05) is 18.2 Å². The SMILES string of the molecule is CCc1ccc(OCOC)cc1-c1cc(C=O)ccn1. The van der Waals surface area contributed by atoms with Gasteiger partial charge in [0, 0.05) is 24.4 Å². The molecule has 0 aliphatic carbocycles. The first-order valence-electron chi connectivity index (χ1n) is 6.44. The van der Waals surface area contributed by atoms with E-state index in [0.29, 0.717) is 5.56 Å². The minimum Gasteiger partial charge on any atom is -0.468 e. The Morgan fingerprint density at radius 2 is 2.10 bits per heavy atom. The number of methoxy groups -OCH3 is 1. The number of rotatable bonds is 6. The maximum absolute atomic E-state index is 10.9. The molecule has 0 fully saturated rings. The number of aldehydes is 1. The van der Waals surface area contributed by atoms with Gasteiger partial charge in [-0.25, -0.2) is 0 Å². The quantitative estimate of drug-likeness (QED) is 0.598. The van der Waals surface area contributed by atoms with Crippen LogP contribution in [0.2, 0.25) is 0 Å². The molecule has 0 aliphatic heterocycles. The van der Waals surface area contributed by atoms with Gasteiger partial charge in [0.1, 0.15) is 12.0 Å². The number of carbonyl (C=O) groups is 1. The standard InChI is InChI=1S/C16H17NO3/c1-3-13-4-5-14(20-11-19-2)9-15(13)16-8-12(10-18)6-7-17-16/h4-10H,3,11H2,1-2H3. The van der Waals surface area contributed by atoms with Crippen molar-refractivity contribution in [1.29, 1.82) is 0 Å². The van der Waals surface area contributed by atoms with Crippen molar-refractivity contribution in [2.75, 3.05) is 13.9 Å². The summed E-state index contributed by atoms with van der Waals surface area (Å²) in [6.07, 6.45) is 3.34. The molecule has 104 valence electrons. The van der Waals surface area contributed by atoms with Gasteiger partial charge in [0.15, 0.2) is 6.79 Å². The predicted octanol–water partition coefficient (Wildman–Crippen LogP) is 3.11. The Hall–Kier alpha value is -2.20. The number of nitrogens with zero attached hydrogens (tertiary/aromatic N) is 1. The molecule has 2 aromatic rings. The second kappa shape index (κ2) is 6.82. The van der Waals surface area contributed by atoms with Crippen LogP contribution in [0.4, 0.5) is 0 Å². The number of pyridine rings is 1. The van der Waals surface area contributed by atoms with Gasteiger partial charge in [0.2, 0.25) is 0 Å². The van der Waals surface area contributed by atoms with Crippen molar-refractivity contribution in [2.45, 2.75) is 13.3 Å². The second-order valence-corrected chi connectivity index (χ2v) is 4.32. The predicted molar refractivity (Wildman–Crippen MR) is 76.9 cm³/mol. The third kappa shape index (κ3) is 3.22. The van der Waals surface area contributed by atoms with Gasteiger partial charge in [-0.3, -0.25) is 9.78 Å². The molecule has 1 aromatic heterocycles. The summed E-state index contributed by atoms with van der Waals surface area (Å²) >= 11 is 0. The van der Waals surface area contributed by atoms with E-state index in [9.17, 15) is 4.79 Å². The molecule has 0 atom stereocenters. The molecule has 0 spiro atoms. The van der Waals surface area contributed by atoms with Gasteiger partial charge >= 0.3 is 0 Å². The lowest BCUT2D eigenvalue weighted by Gasteiger charge is -2.11. The molecule has 4 heteroatoms. The van der Waals surface area contributed by atoms with Crippen molar-refractivity contribution >= 4 is 6.29 Å². The van der Waals surface area contributed by atoms with Gasteiger partial charge in [0.25, 0.3) is 0 Å². The Bertz CT molecular complexity index is 596.